The van der Waals surface area contributed by atoms with Crippen molar-refractivity contribution in [1.29, 1.82) is 0 Å². The number of nitrogens with zero attached hydrogens (tertiary/aromatic N) is 1. The number of nitrogens with one attached hydrogen (secondary N) is 2. The number of rotatable bonds is 9. The molecule has 0 spiro atoms. The monoisotopic (exact) mass is 553 g/mol. The van der Waals surface area contributed by atoms with E-state index >= 15 is 0 Å². The van der Waals surface area contributed by atoms with Gasteiger partial charge >= 0.3 is 0 Å². The van der Waals surface area contributed by atoms with Crippen LogP contribution < -0.4 is 22.1 Å². The third-order valence-electron chi connectivity index (χ3n) is 8.02. The number of benzene rings is 3. The Morgan fingerprint density at radius 3 is 2.44 bits per heavy atom. The summed E-state index contributed by atoms with van der Waals surface area (Å²) in [6.45, 7) is 1.86. The number of carbonyl (C=O) groups excluding carboxylic acids is 4. The SMILES string of the molecule is C[C@H](N)C(=O)N[C@@H](Cc1cccc(C(N)=O)c1)C(=O)N1C[C@@H](c2ccccc2)[C@@H]1C(=O)N[C@@H]1CCc2ccccc21. The maximum absolute atomic E-state index is 14.0. The number of hydrogen-bond acceptors (Lipinski definition) is 5. The number of carbonyl (C=O) groups is 4. The van der Waals surface area contributed by atoms with Crippen molar-refractivity contribution in [3.05, 3.63) is 107 Å². The molecule has 3 aromatic rings. The van der Waals surface area contributed by atoms with Crippen LogP contribution in [0.3, 0.4) is 0 Å². The third kappa shape index (κ3) is 6.00. The van der Waals surface area contributed by atoms with Gasteiger partial charge in [0.05, 0.1) is 12.1 Å². The highest BCUT2D eigenvalue weighted by atomic mass is 16.2. The van der Waals surface area contributed by atoms with Crippen LogP contribution in [0.2, 0.25) is 0 Å². The van der Waals surface area contributed by atoms with E-state index in [2.05, 4.69) is 16.7 Å². The van der Waals surface area contributed by atoms with E-state index < -0.39 is 29.9 Å². The quantitative estimate of drug-likeness (QED) is 0.320. The minimum absolute atomic E-state index is 0.106. The summed E-state index contributed by atoms with van der Waals surface area (Å²) in [6.07, 6.45) is 1.78. The summed E-state index contributed by atoms with van der Waals surface area (Å²) in [4.78, 5) is 53.8. The first kappa shape index (κ1) is 28.0. The summed E-state index contributed by atoms with van der Waals surface area (Å²) in [6, 6.07) is 21.7. The maximum Gasteiger partial charge on any atom is 0.248 e. The zero-order chi connectivity index (χ0) is 29.1. The predicted octanol–water partition coefficient (Wildman–Crippen LogP) is 1.96. The Kier molecular flexibility index (Phi) is 8.16. The third-order valence-corrected chi connectivity index (χ3v) is 8.02. The average molecular weight is 554 g/mol. The fourth-order valence-corrected chi connectivity index (χ4v) is 5.80. The molecule has 1 aliphatic heterocycles. The van der Waals surface area contributed by atoms with E-state index in [-0.39, 0.29) is 30.2 Å². The zero-order valence-corrected chi connectivity index (χ0v) is 23.0. The minimum atomic E-state index is -0.990. The van der Waals surface area contributed by atoms with Gasteiger partial charge in [0.1, 0.15) is 12.1 Å². The molecular weight excluding hydrogens is 518 g/mol. The molecule has 5 rings (SSSR count). The first-order valence-electron chi connectivity index (χ1n) is 13.9. The van der Waals surface area contributed by atoms with Gasteiger partial charge in [0, 0.05) is 24.4 Å². The molecule has 1 aliphatic carbocycles. The number of primary amides is 1. The number of fused-ring (bicyclic) bond motifs is 1. The smallest absolute Gasteiger partial charge is 0.248 e. The van der Waals surface area contributed by atoms with Gasteiger partial charge in [-0.15, -0.1) is 0 Å². The highest BCUT2D eigenvalue weighted by Gasteiger charge is 2.49. The van der Waals surface area contributed by atoms with E-state index in [4.69, 9.17) is 11.5 Å². The highest BCUT2D eigenvalue weighted by Crippen LogP contribution is 2.37. The molecule has 5 atom stereocenters. The van der Waals surface area contributed by atoms with Crippen molar-refractivity contribution in [2.75, 3.05) is 6.54 Å². The molecule has 3 aromatic carbocycles. The molecule has 41 heavy (non-hydrogen) atoms. The second-order valence-corrected chi connectivity index (χ2v) is 10.9. The van der Waals surface area contributed by atoms with Gasteiger partial charge < -0.3 is 27.0 Å². The van der Waals surface area contributed by atoms with E-state index in [1.165, 1.54) is 17.4 Å². The lowest BCUT2D eigenvalue weighted by Gasteiger charge is -2.48. The van der Waals surface area contributed by atoms with Gasteiger partial charge in [0.2, 0.25) is 23.6 Å². The van der Waals surface area contributed by atoms with Gasteiger partial charge in [-0.05, 0) is 54.2 Å². The van der Waals surface area contributed by atoms with Crippen LogP contribution in [0, 0.1) is 0 Å². The van der Waals surface area contributed by atoms with Crippen LogP contribution in [0.25, 0.3) is 0 Å². The second-order valence-electron chi connectivity index (χ2n) is 10.9. The van der Waals surface area contributed by atoms with E-state index in [1.54, 1.807) is 24.3 Å². The largest absolute Gasteiger partial charge is 0.366 e. The van der Waals surface area contributed by atoms with Gasteiger partial charge in [0.25, 0.3) is 0 Å². The summed E-state index contributed by atoms with van der Waals surface area (Å²) in [5, 5.41) is 5.96. The maximum atomic E-state index is 14.0. The molecule has 4 amide bonds. The second kappa shape index (κ2) is 11.9. The molecule has 1 heterocycles. The molecule has 0 radical (unpaired) electrons. The van der Waals surface area contributed by atoms with Crippen molar-refractivity contribution in [3.8, 4) is 0 Å². The van der Waals surface area contributed by atoms with Crippen LogP contribution in [-0.4, -0.2) is 53.2 Å². The van der Waals surface area contributed by atoms with Crippen LogP contribution in [0.15, 0.2) is 78.9 Å². The predicted molar refractivity (Wildman–Crippen MR) is 155 cm³/mol. The number of amides is 4. The Labute approximate surface area is 239 Å². The van der Waals surface area contributed by atoms with Gasteiger partial charge in [0.15, 0.2) is 0 Å². The Morgan fingerprint density at radius 2 is 1.71 bits per heavy atom. The summed E-state index contributed by atoms with van der Waals surface area (Å²) >= 11 is 0. The van der Waals surface area contributed by atoms with Crippen molar-refractivity contribution < 1.29 is 19.2 Å². The highest BCUT2D eigenvalue weighted by molar-refractivity contribution is 5.96. The lowest BCUT2D eigenvalue weighted by atomic mass is 9.81. The van der Waals surface area contributed by atoms with Crippen molar-refractivity contribution in [2.24, 2.45) is 11.5 Å². The Balaban J connectivity index is 1.41. The topological polar surface area (TPSA) is 148 Å². The number of aryl methyl sites for hydroxylation is 1. The molecule has 1 saturated heterocycles. The van der Waals surface area contributed by atoms with E-state index in [0.717, 1.165) is 24.0 Å². The molecule has 6 N–H and O–H groups in total. The molecule has 212 valence electrons. The molecule has 0 bridgehead atoms. The Hall–Kier alpha value is -4.50. The normalized spacial score (nSPS) is 20.7. The van der Waals surface area contributed by atoms with Crippen LogP contribution in [0.1, 0.15) is 57.9 Å². The first-order valence-corrected chi connectivity index (χ1v) is 13.9. The summed E-state index contributed by atoms with van der Waals surface area (Å²) < 4.78 is 0. The molecule has 9 heteroatoms. The molecule has 0 unspecified atom stereocenters. The molecule has 1 fully saturated rings. The summed E-state index contributed by atoms with van der Waals surface area (Å²) in [7, 11) is 0. The van der Waals surface area contributed by atoms with Crippen LogP contribution >= 0.6 is 0 Å². The van der Waals surface area contributed by atoms with Crippen LogP contribution in [0.5, 0.6) is 0 Å². The molecule has 0 aromatic heterocycles. The number of likely N-dealkylation sites (tertiary alicyclic amines) is 1. The van der Waals surface area contributed by atoms with Crippen molar-refractivity contribution in [2.45, 2.75) is 56.3 Å². The van der Waals surface area contributed by atoms with Crippen molar-refractivity contribution in [1.82, 2.24) is 15.5 Å². The summed E-state index contributed by atoms with van der Waals surface area (Å²) in [5.74, 6) is -1.89. The first-order chi connectivity index (χ1) is 19.7. The van der Waals surface area contributed by atoms with Gasteiger partial charge in [-0.3, -0.25) is 19.2 Å². The van der Waals surface area contributed by atoms with Crippen LogP contribution in [0.4, 0.5) is 0 Å². The van der Waals surface area contributed by atoms with Gasteiger partial charge in [-0.25, -0.2) is 0 Å². The van der Waals surface area contributed by atoms with E-state index in [1.807, 2.05) is 48.5 Å². The van der Waals surface area contributed by atoms with E-state index in [0.29, 0.717) is 17.7 Å². The molecule has 0 saturated carbocycles. The molecule has 9 nitrogen and oxygen atoms in total. The fraction of sp³-hybridized carbons (Fsp3) is 0.312. The average Bonchev–Trinajstić information content (AvgIpc) is 3.35. The van der Waals surface area contributed by atoms with Gasteiger partial charge in [-0.1, -0.05) is 66.7 Å². The Bertz CT molecular complexity index is 1460. The lowest BCUT2D eigenvalue weighted by Crippen LogP contribution is -2.67. The number of hydrogen-bond donors (Lipinski definition) is 4. The molecular formula is C32H35N5O4. The van der Waals surface area contributed by atoms with Crippen LogP contribution in [-0.2, 0) is 27.2 Å². The zero-order valence-electron chi connectivity index (χ0n) is 23.0. The van der Waals surface area contributed by atoms with Crippen molar-refractivity contribution in [3.63, 3.8) is 0 Å². The minimum Gasteiger partial charge on any atom is -0.366 e. The standard InChI is InChI=1S/C32H35N5O4/c1-19(33)30(39)36-27(17-20-8-7-12-23(16-20)29(34)38)32(41)37-18-25(21-9-3-2-4-10-21)28(37)31(40)35-26-15-14-22-11-5-6-13-24(22)26/h2-13,16,19,25-28H,14-15,17-18,33H2,1H3,(H2,34,38)(H,35,40)(H,36,39)/t19-,25-,26+,27-,28+/m0/s1. The lowest BCUT2D eigenvalue weighted by molar-refractivity contribution is -0.152. The molecule has 2 aliphatic rings. The fourth-order valence-electron chi connectivity index (χ4n) is 5.80. The Morgan fingerprint density at radius 1 is 0.976 bits per heavy atom. The van der Waals surface area contributed by atoms with Gasteiger partial charge in [-0.2, -0.15) is 0 Å². The summed E-state index contributed by atoms with van der Waals surface area (Å²) in [5.41, 5.74) is 15.5. The number of nitrogens with two attached hydrogens (primary N) is 2. The van der Waals surface area contributed by atoms with Crippen molar-refractivity contribution >= 4 is 23.6 Å². The van der Waals surface area contributed by atoms with E-state index in [9.17, 15) is 19.2 Å².